The molecule has 3 aromatic rings. The zero-order valence-electron chi connectivity index (χ0n) is 16.5. The molecule has 164 valence electrons. The van der Waals surface area contributed by atoms with Crippen LogP contribution in [0.5, 0.6) is 11.8 Å². The molecule has 0 N–H and O–H groups in total. The second-order valence-electron chi connectivity index (χ2n) is 6.67. The predicted octanol–water partition coefficient (Wildman–Crippen LogP) is 3.28. The van der Waals surface area contributed by atoms with Gasteiger partial charge in [-0.2, -0.15) is 8.78 Å². The van der Waals surface area contributed by atoms with Crippen LogP contribution in [0.3, 0.4) is 0 Å². The van der Waals surface area contributed by atoms with Gasteiger partial charge in [0.1, 0.15) is 37.0 Å². The highest BCUT2D eigenvalue weighted by molar-refractivity contribution is 5.63. The molecule has 1 aliphatic heterocycles. The number of benzene rings is 1. The lowest BCUT2D eigenvalue weighted by molar-refractivity contribution is -0.389. The molecule has 1 aliphatic rings. The SMILES string of the molecule is O=[N+]([O-])c1cn2c(n1)OC[C@@H](OCC#Cc1ccc(-c3ccc(OC(F)F)cc3)cn1)C2. The molecular weight excluding hydrogens is 426 g/mol. The fourth-order valence-corrected chi connectivity index (χ4v) is 3.01. The highest BCUT2D eigenvalue weighted by atomic mass is 19.3. The highest BCUT2D eigenvalue weighted by Crippen LogP contribution is 2.23. The van der Waals surface area contributed by atoms with Crippen molar-refractivity contribution >= 4 is 5.82 Å². The summed E-state index contributed by atoms with van der Waals surface area (Å²) in [6.45, 7) is -2.12. The fraction of sp³-hybridized carbons (Fsp3) is 0.238. The van der Waals surface area contributed by atoms with Crippen LogP contribution >= 0.6 is 0 Å². The molecule has 1 atom stereocenters. The number of alkyl halides is 2. The summed E-state index contributed by atoms with van der Waals surface area (Å²) in [6, 6.07) is 10.0. The van der Waals surface area contributed by atoms with E-state index in [4.69, 9.17) is 9.47 Å². The quantitative estimate of drug-likeness (QED) is 0.328. The van der Waals surface area contributed by atoms with Crippen LogP contribution in [0, 0.1) is 22.0 Å². The number of ether oxygens (including phenoxy) is 3. The number of imidazole rings is 1. The summed E-state index contributed by atoms with van der Waals surface area (Å²) >= 11 is 0. The summed E-state index contributed by atoms with van der Waals surface area (Å²) in [5.41, 5.74) is 2.15. The first kappa shape index (κ1) is 21.2. The van der Waals surface area contributed by atoms with Crippen LogP contribution in [0.15, 0.2) is 48.8 Å². The van der Waals surface area contributed by atoms with Crippen molar-refractivity contribution in [3.8, 4) is 34.7 Å². The molecule has 3 heterocycles. The number of nitro groups is 1. The van der Waals surface area contributed by atoms with E-state index in [9.17, 15) is 18.9 Å². The van der Waals surface area contributed by atoms with Gasteiger partial charge >= 0.3 is 18.4 Å². The Balaban J connectivity index is 1.29. The molecule has 0 radical (unpaired) electrons. The van der Waals surface area contributed by atoms with Gasteiger partial charge in [-0.05, 0) is 34.6 Å². The Morgan fingerprint density at radius 1 is 1.25 bits per heavy atom. The average molecular weight is 442 g/mol. The molecule has 32 heavy (non-hydrogen) atoms. The summed E-state index contributed by atoms with van der Waals surface area (Å²) in [4.78, 5) is 18.3. The van der Waals surface area contributed by atoms with Gasteiger partial charge in [0.15, 0.2) is 0 Å². The van der Waals surface area contributed by atoms with Gasteiger partial charge in [-0.1, -0.05) is 24.1 Å². The average Bonchev–Trinajstić information content (AvgIpc) is 3.21. The van der Waals surface area contributed by atoms with Gasteiger partial charge in [0.05, 0.1) is 6.54 Å². The van der Waals surface area contributed by atoms with E-state index in [0.29, 0.717) is 12.2 Å². The lowest BCUT2D eigenvalue weighted by Gasteiger charge is -2.21. The third kappa shape index (κ3) is 5.16. The van der Waals surface area contributed by atoms with E-state index in [1.807, 2.05) is 6.07 Å². The lowest BCUT2D eigenvalue weighted by atomic mass is 10.1. The maximum absolute atomic E-state index is 12.2. The number of rotatable bonds is 6. The van der Waals surface area contributed by atoms with Gasteiger partial charge in [0.25, 0.3) is 0 Å². The van der Waals surface area contributed by atoms with E-state index in [2.05, 4.69) is 26.5 Å². The van der Waals surface area contributed by atoms with E-state index in [1.165, 1.54) is 22.9 Å². The molecule has 0 bridgehead atoms. The van der Waals surface area contributed by atoms with Gasteiger partial charge in [-0.3, -0.25) is 4.57 Å². The summed E-state index contributed by atoms with van der Waals surface area (Å²) in [7, 11) is 0. The van der Waals surface area contributed by atoms with E-state index in [-0.39, 0.29) is 36.9 Å². The van der Waals surface area contributed by atoms with Crippen molar-refractivity contribution in [2.45, 2.75) is 19.3 Å². The van der Waals surface area contributed by atoms with Crippen molar-refractivity contribution in [1.29, 1.82) is 0 Å². The summed E-state index contributed by atoms with van der Waals surface area (Å²) in [5, 5.41) is 10.8. The Bertz CT molecular complexity index is 1150. The summed E-state index contributed by atoms with van der Waals surface area (Å²) < 4.78 is 41.3. The number of pyridine rings is 1. The van der Waals surface area contributed by atoms with Crippen LogP contribution in [-0.4, -0.2) is 45.4 Å². The Hall–Kier alpha value is -4.04. The zero-order valence-corrected chi connectivity index (χ0v) is 16.5. The van der Waals surface area contributed by atoms with Crippen LogP contribution in [0.25, 0.3) is 11.1 Å². The Morgan fingerprint density at radius 2 is 2.03 bits per heavy atom. The summed E-state index contributed by atoms with van der Waals surface area (Å²) in [6.07, 6.45) is 2.63. The maximum Gasteiger partial charge on any atom is 0.414 e. The molecule has 11 heteroatoms. The molecule has 0 fully saturated rings. The van der Waals surface area contributed by atoms with E-state index in [1.54, 1.807) is 24.4 Å². The fourth-order valence-electron chi connectivity index (χ4n) is 3.01. The third-order valence-corrected chi connectivity index (χ3v) is 4.50. The first-order chi connectivity index (χ1) is 15.5. The van der Waals surface area contributed by atoms with E-state index < -0.39 is 11.5 Å². The topological polar surface area (TPSA) is 102 Å². The van der Waals surface area contributed by atoms with Gasteiger partial charge < -0.3 is 24.3 Å². The minimum Gasteiger partial charge on any atom is -0.443 e. The molecule has 2 aromatic heterocycles. The van der Waals surface area contributed by atoms with Crippen LogP contribution in [0.1, 0.15) is 5.69 Å². The smallest absolute Gasteiger partial charge is 0.414 e. The Kier molecular flexibility index (Phi) is 6.23. The van der Waals surface area contributed by atoms with Gasteiger partial charge in [-0.15, -0.1) is 0 Å². The van der Waals surface area contributed by atoms with Crippen LogP contribution < -0.4 is 9.47 Å². The van der Waals surface area contributed by atoms with Crippen molar-refractivity contribution in [1.82, 2.24) is 14.5 Å². The molecule has 0 spiro atoms. The number of halogens is 2. The number of hydrogen-bond donors (Lipinski definition) is 0. The standard InChI is InChI=1S/C21H16F2N4O5/c22-20(23)32-17-7-4-14(5-8-17)15-3-6-16(24-10-15)2-1-9-30-18-11-26-12-19(27(28)29)25-21(26)31-13-18/h3-8,10,12,18,20H,9,11,13H2/t18-/m0/s1. The molecule has 0 saturated heterocycles. The minimum atomic E-state index is -2.86. The van der Waals surface area contributed by atoms with Gasteiger partial charge in [0.2, 0.25) is 0 Å². The third-order valence-electron chi connectivity index (χ3n) is 4.50. The molecule has 0 unspecified atom stereocenters. The Morgan fingerprint density at radius 3 is 2.72 bits per heavy atom. The number of nitrogens with zero attached hydrogens (tertiary/aromatic N) is 4. The van der Waals surface area contributed by atoms with Crippen molar-refractivity contribution in [3.05, 3.63) is 64.6 Å². The van der Waals surface area contributed by atoms with E-state index >= 15 is 0 Å². The van der Waals surface area contributed by atoms with Crippen LogP contribution in [-0.2, 0) is 11.3 Å². The predicted molar refractivity (Wildman–Crippen MR) is 107 cm³/mol. The molecule has 1 aromatic carbocycles. The largest absolute Gasteiger partial charge is 0.443 e. The van der Waals surface area contributed by atoms with Crippen molar-refractivity contribution in [2.24, 2.45) is 0 Å². The minimum absolute atomic E-state index is 0.0880. The molecular formula is C21H16F2N4O5. The molecule has 9 nitrogen and oxygen atoms in total. The number of fused-ring (bicyclic) bond motifs is 1. The first-order valence-corrected chi connectivity index (χ1v) is 9.44. The van der Waals surface area contributed by atoms with Crippen molar-refractivity contribution < 1.29 is 27.9 Å². The first-order valence-electron chi connectivity index (χ1n) is 9.44. The molecule has 0 amide bonds. The van der Waals surface area contributed by atoms with Crippen LogP contribution in [0.4, 0.5) is 14.6 Å². The second-order valence-corrected chi connectivity index (χ2v) is 6.67. The van der Waals surface area contributed by atoms with Gasteiger partial charge in [0, 0.05) is 16.7 Å². The second kappa shape index (κ2) is 9.40. The lowest BCUT2D eigenvalue weighted by Crippen LogP contribution is -2.32. The normalized spacial score (nSPS) is 14.8. The van der Waals surface area contributed by atoms with E-state index in [0.717, 1.165) is 11.1 Å². The van der Waals surface area contributed by atoms with Crippen molar-refractivity contribution in [2.75, 3.05) is 13.2 Å². The van der Waals surface area contributed by atoms with Gasteiger partial charge in [-0.25, -0.2) is 4.98 Å². The monoisotopic (exact) mass is 442 g/mol. The molecule has 0 saturated carbocycles. The zero-order chi connectivity index (χ0) is 22.5. The molecule has 0 aliphatic carbocycles. The summed E-state index contributed by atoms with van der Waals surface area (Å²) in [5.74, 6) is 5.58. The maximum atomic E-state index is 12.2. The van der Waals surface area contributed by atoms with Crippen molar-refractivity contribution in [3.63, 3.8) is 0 Å². The number of aromatic nitrogens is 3. The Labute approximate surface area is 180 Å². The highest BCUT2D eigenvalue weighted by Gasteiger charge is 2.28. The number of hydrogen-bond acceptors (Lipinski definition) is 7. The molecule has 4 rings (SSSR count). The van der Waals surface area contributed by atoms with Crippen LogP contribution in [0.2, 0.25) is 0 Å².